The van der Waals surface area contributed by atoms with Gasteiger partial charge in [-0.05, 0) is 19.1 Å². The molecule has 16 heavy (non-hydrogen) atoms. The van der Waals surface area contributed by atoms with E-state index in [4.69, 9.17) is 9.79 Å². The third kappa shape index (κ3) is 4.63. The van der Waals surface area contributed by atoms with Crippen molar-refractivity contribution in [2.75, 3.05) is 0 Å². The molecule has 0 saturated carbocycles. The molecule has 0 aromatic carbocycles. The third-order valence-corrected chi connectivity index (χ3v) is 2.41. The summed E-state index contributed by atoms with van der Waals surface area (Å²) in [6.07, 6.45) is 1.27. The first kappa shape index (κ1) is 14.9. The molecule has 0 aliphatic rings. The number of ketones is 2. The molecule has 0 amide bonds. The zero-order chi connectivity index (χ0) is 13.0. The first-order valence-corrected chi connectivity index (χ1v) is 5.76. The van der Waals surface area contributed by atoms with E-state index in [0.29, 0.717) is 0 Å². The highest BCUT2D eigenvalue weighted by molar-refractivity contribution is 7.46. The van der Waals surface area contributed by atoms with Gasteiger partial charge in [0, 0.05) is 6.42 Å². The number of allylic oxidation sites excluding steroid dienone is 1. The van der Waals surface area contributed by atoms with Crippen LogP contribution in [0.5, 0.6) is 0 Å². The van der Waals surface area contributed by atoms with Gasteiger partial charge in [0.2, 0.25) is 0 Å². The Hall–Kier alpha value is -1.07. The van der Waals surface area contributed by atoms with Crippen LogP contribution in [0.2, 0.25) is 0 Å². The van der Waals surface area contributed by atoms with Gasteiger partial charge < -0.3 is 9.79 Å². The predicted molar refractivity (Wildman–Crippen MR) is 56.6 cm³/mol. The van der Waals surface area contributed by atoms with Crippen molar-refractivity contribution in [3.8, 4) is 0 Å². The summed E-state index contributed by atoms with van der Waals surface area (Å²) in [5.41, 5.74) is -1.92. The van der Waals surface area contributed by atoms with Crippen LogP contribution in [0.4, 0.5) is 0 Å². The lowest BCUT2D eigenvalue weighted by Gasteiger charge is -2.25. The van der Waals surface area contributed by atoms with Gasteiger partial charge in [-0.2, -0.15) is 0 Å². The number of carbonyl (C=O) groups is 2. The van der Waals surface area contributed by atoms with Gasteiger partial charge in [-0.25, -0.2) is 4.57 Å². The Morgan fingerprint density at radius 2 is 1.88 bits per heavy atom. The van der Waals surface area contributed by atoms with Crippen molar-refractivity contribution in [1.82, 2.24) is 0 Å². The summed E-state index contributed by atoms with van der Waals surface area (Å²) >= 11 is 0. The van der Waals surface area contributed by atoms with Crippen LogP contribution in [0.25, 0.3) is 0 Å². The molecule has 0 radical (unpaired) electrons. The third-order valence-electron chi connectivity index (χ3n) is 1.77. The van der Waals surface area contributed by atoms with Gasteiger partial charge in [-0.3, -0.25) is 14.1 Å². The highest BCUT2D eigenvalue weighted by Crippen LogP contribution is 2.43. The van der Waals surface area contributed by atoms with E-state index in [1.165, 1.54) is 0 Å². The number of carbonyl (C=O) groups excluding carboxylic acids is 2. The van der Waals surface area contributed by atoms with E-state index in [0.717, 1.165) is 19.1 Å². The van der Waals surface area contributed by atoms with Gasteiger partial charge in [-0.1, -0.05) is 13.2 Å². The molecule has 0 saturated heterocycles. The van der Waals surface area contributed by atoms with Crippen LogP contribution in [0, 0.1) is 0 Å². The van der Waals surface area contributed by atoms with Crippen molar-refractivity contribution in [2.24, 2.45) is 0 Å². The predicted octanol–water partition coefficient (Wildman–Crippen LogP) is 0.755. The molecule has 0 aromatic heterocycles. The zero-order valence-electron chi connectivity index (χ0n) is 8.75. The topological polar surface area (TPSA) is 101 Å². The molecule has 1 unspecified atom stereocenters. The van der Waals surface area contributed by atoms with Crippen LogP contribution in [0.1, 0.15) is 13.3 Å². The summed E-state index contributed by atoms with van der Waals surface area (Å²) in [5.74, 6) is -1.35. The lowest BCUT2D eigenvalue weighted by Crippen LogP contribution is -2.38. The molecule has 0 heterocycles. The van der Waals surface area contributed by atoms with Crippen molar-refractivity contribution < 1.29 is 28.5 Å². The van der Waals surface area contributed by atoms with Gasteiger partial charge in [0.25, 0.3) is 0 Å². The molecule has 0 fully saturated rings. The SMILES string of the molecule is C=CC(=O)CC(C)(OP(=O)(O)O)C(=O)C=C. The number of hydrogen-bond acceptors (Lipinski definition) is 4. The molecule has 0 spiro atoms. The summed E-state index contributed by atoms with van der Waals surface area (Å²) in [4.78, 5) is 39.8. The molecular formula is C9H13O6P. The molecule has 90 valence electrons. The lowest BCUT2D eigenvalue weighted by molar-refractivity contribution is -0.134. The van der Waals surface area contributed by atoms with Gasteiger partial charge in [0.15, 0.2) is 11.6 Å². The maximum atomic E-state index is 11.4. The van der Waals surface area contributed by atoms with E-state index >= 15 is 0 Å². The average Bonchev–Trinajstić information content (AvgIpc) is 2.13. The molecule has 7 heteroatoms. The van der Waals surface area contributed by atoms with E-state index in [-0.39, 0.29) is 0 Å². The van der Waals surface area contributed by atoms with Crippen LogP contribution >= 0.6 is 7.82 Å². The van der Waals surface area contributed by atoms with Crippen LogP contribution in [-0.2, 0) is 18.7 Å². The maximum Gasteiger partial charge on any atom is 0.470 e. The monoisotopic (exact) mass is 248 g/mol. The summed E-state index contributed by atoms with van der Waals surface area (Å²) in [5, 5.41) is 0. The molecule has 0 rings (SSSR count). The molecular weight excluding hydrogens is 235 g/mol. The Morgan fingerprint density at radius 3 is 2.19 bits per heavy atom. The fraction of sp³-hybridized carbons (Fsp3) is 0.333. The maximum absolute atomic E-state index is 11.4. The van der Waals surface area contributed by atoms with Crippen LogP contribution in [0.15, 0.2) is 25.3 Å². The van der Waals surface area contributed by atoms with Crippen LogP contribution in [-0.4, -0.2) is 27.0 Å². The first-order valence-electron chi connectivity index (χ1n) is 4.23. The van der Waals surface area contributed by atoms with E-state index in [2.05, 4.69) is 17.7 Å². The molecule has 0 aliphatic carbocycles. The minimum atomic E-state index is -4.88. The Labute approximate surface area is 92.9 Å². The second-order valence-corrected chi connectivity index (χ2v) is 4.39. The van der Waals surface area contributed by atoms with Crippen molar-refractivity contribution in [2.45, 2.75) is 18.9 Å². The van der Waals surface area contributed by atoms with Crippen LogP contribution in [0.3, 0.4) is 0 Å². The van der Waals surface area contributed by atoms with E-state index in [9.17, 15) is 14.2 Å². The van der Waals surface area contributed by atoms with Crippen molar-refractivity contribution in [3.63, 3.8) is 0 Å². The smallest absolute Gasteiger partial charge is 0.303 e. The summed E-state index contributed by atoms with van der Waals surface area (Å²) < 4.78 is 15.0. The largest absolute Gasteiger partial charge is 0.470 e. The highest BCUT2D eigenvalue weighted by atomic mass is 31.2. The second kappa shape index (κ2) is 5.32. The lowest BCUT2D eigenvalue weighted by atomic mass is 9.94. The Bertz CT molecular complexity index is 368. The van der Waals surface area contributed by atoms with E-state index < -0.39 is 31.4 Å². The van der Waals surface area contributed by atoms with E-state index in [1.807, 2.05) is 0 Å². The molecule has 2 N–H and O–H groups in total. The number of rotatable bonds is 7. The minimum Gasteiger partial charge on any atom is -0.303 e. The standard InChI is InChI=1S/C9H13O6P/c1-4-7(10)6-9(3,8(11)5-2)15-16(12,13)14/h4-5H,1-2,6H2,3H3,(H2,12,13,14). The quantitative estimate of drug-likeness (QED) is 0.509. The highest BCUT2D eigenvalue weighted by Gasteiger charge is 2.40. The van der Waals surface area contributed by atoms with E-state index in [1.54, 1.807) is 0 Å². The molecule has 1 atom stereocenters. The second-order valence-electron chi connectivity index (χ2n) is 3.23. The van der Waals surface area contributed by atoms with Crippen molar-refractivity contribution >= 4 is 19.4 Å². The number of phosphoric acid groups is 1. The Balaban J connectivity index is 5.11. The van der Waals surface area contributed by atoms with Crippen molar-refractivity contribution in [1.29, 1.82) is 0 Å². The number of phosphoric ester groups is 1. The van der Waals surface area contributed by atoms with Gasteiger partial charge in [0.05, 0.1) is 0 Å². The Kier molecular flexibility index (Phi) is 4.96. The average molecular weight is 248 g/mol. The van der Waals surface area contributed by atoms with Gasteiger partial charge in [0.1, 0.15) is 5.60 Å². The fourth-order valence-electron chi connectivity index (χ4n) is 1.05. The molecule has 6 nitrogen and oxygen atoms in total. The fourth-order valence-corrected chi connectivity index (χ4v) is 1.73. The van der Waals surface area contributed by atoms with Gasteiger partial charge >= 0.3 is 7.82 Å². The Morgan fingerprint density at radius 1 is 1.38 bits per heavy atom. The normalized spacial score (nSPS) is 14.9. The zero-order valence-corrected chi connectivity index (χ0v) is 9.65. The molecule has 0 bridgehead atoms. The van der Waals surface area contributed by atoms with Gasteiger partial charge in [-0.15, -0.1) is 0 Å². The summed E-state index contributed by atoms with van der Waals surface area (Å²) in [6, 6.07) is 0. The summed E-state index contributed by atoms with van der Waals surface area (Å²) in [6.45, 7) is 7.47. The summed E-state index contributed by atoms with van der Waals surface area (Å²) in [7, 11) is -4.88. The molecule has 0 aliphatic heterocycles. The number of hydrogen-bond donors (Lipinski definition) is 2. The first-order chi connectivity index (χ1) is 7.14. The van der Waals surface area contributed by atoms with Crippen LogP contribution < -0.4 is 0 Å². The minimum absolute atomic E-state index is 0.507. The van der Waals surface area contributed by atoms with Crippen molar-refractivity contribution in [3.05, 3.63) is 25.3 Å². The molecule has 0 aromatic rings.